The largest absolute Gasteiger partial charge is 0.378 e. The van der Waals surface area contributed by atoms with Gasteiger partial charge < -0.3 is 15.0 Å². The molecule has 1 fully saturated rings. The molecule has 2 amide bonds. The summed E-state index contributed by atoms with van der Waals surface area (Å²) in [4.78, 5) is 25.3. The van der Waals surface area contributed by atoms with Crippen LogP contribution in [0.1, 0.15) is 20.3 Å². The summed E-state index contributed by atoms with van der Waals surface area (Å²) >= 11 is 5.70. The van der Waals surface area contributed by atoms with Crippen molar-refractivity contribution in [1.29, 1.82) is 0 Å². The van der Waals surface area contributed by atoms with Crippen LogP contribution in [-0.2, 0) is 14.3 Å². The summed E-state index contributed by atoms with van der Waals surface area (Å²) in [6, 6.07) is 0. The SMILES string of the molecule is CC(C)(CCl)C(=O)NCCC(=O)N1CCOCC1. The Morgan fingerprint density at radius 1 is 1.33 bits per heavy atom. The summed E-state index contributed by atoms with van der Waals surface area (Å²) in [5, 5.41) is 2.74. The molecule has 6 heteroatoms. The second-order valence-electron chi connectivity index (χ2n) is 5.02. The number of morpholine rings is 1. The molecule has 0 aliphatic carbocycles. The predicted octanol–water partition coefficient (Wildman–Crippen LogP) is 0.616. The molecule has 0 aromatic rings. The number of amides is 2. The monoisotopic (exact) mass is 276 g/mol. The van der Waals surface area contributed by atoms with Crippen LogP contribution in [0.15, 0.2) is 0 Å². The van der Waals surface area contributed by atoms with Gasteiger partial charge in [-0.3, -0.25) is 9.59 Å². The number of nitrogens with zero attached hydrogens (tertiary/aromatic N) is 1. The van der Waals surface area contributed by atoms with Crippen LogP contribution < -0.4 is 5.32 Å². The second kappa shape index (κ2) is 6.95. The first-order valence-electron chi connectivity index (χ1n) is 6.17. The Kier molecular flexibility index (Phi) is 5.88. The topological polar surface area (TPSA) is 58.6 Å². The molecule has 0 unspecified atom stereocenters. The molecule has 1 aliphatic rings. The predicted molar refractivity (Wildman–Crippen MR) is 69.5 cm³/mol. The molecule has 0 aromatic heterocycles. The van der Waals surface area contributed by atoms with E-state index in [0.717, 1.165) is 0 Å². The third-order valence-corrected chi connectivity index (χ3v) is 3.61. The molecule has 0 aromatic carbocycles. The average molecular weight is 277 g/mol. The van der Waals surface area contributed by atoms with Crippen molar-refractivity contribution >= 4 is 23.4 Å². The van der Waals surface area contributed by atoms with Crippen LogP contribution in [-0.4, -0.2) is 55.4 Å². The number of hydrogen-bond donors (Lipinski definition) is 1. The van der Waals surface area contributed by atoms with E-state index in [4.69, 9.17) is 16.3 Å². The molecular weight excluding hydrogens is 256 g/mol. The van der Waals surface area contributed by atoms with Crippen molar-refractivity contribution in [3.8, 4) is 0 Å². The Labute approximate surface area is 113 Å². The van der Waals surface area contributed by atoms with Gasteiger partial charge in [0.05, 0.1) is 18.6 Å². The zero-order chi connectivity index (χ0) is 13.6. The third kappa shape index (κ3) is 4.46. The van der Waals surface area contributed by atoms with Crippen molar-refractivity contribution in [3.05, 3.63) is 0 Å². The highest BCUT2D eigenvalue weighted by Gasteiger charge is 2.26. The van der Waals surface area contributed by atoms with Gasteiger partial charge >= 0.3 is 0 Å². The first kappa shape index (κ1) is 15.2. The van der Waals surface area contributed by atoms with Crippen molar-refractivity contribution in [2.75, 3.05) is 38.7 Å². The van der Waals surface area contributed by atoms with E-state index in [1.807, 2.05) is 0 Å². The summed E-state index contributed by atoms with van der Waals surface area (Å²) in [6.07, 6.45) is 0.324. The molecule has 104 valence electrons. The molecule has 1 aliphatic heterocycles. The van der Waals surface area contributed by atoms with Gasteiger partial charge in [0.2, 0.25) is 11.8 Å². The first-order valence-corrected chi connectivity index (χ1v) is 6.70. The molecule has 1 saturated heterocycles. The fourth-order valence-corrected chi connectivity index (χ4v) is 1.68. The van der Waals surface area contributed by atoms with Crippen LogP contribution in [0.4, 0.5) is 0 Å². The van der Waals surface area contributed by atoms with Gasteiger partial charge in [-0.2, -0.15) is 0 Å². The highest BCUT2D eigenvalue weighted by atomic mass is 35.5. The van der Waals surface area contributed by atoms with E-state index < -0.39 is 5.41 Å². The lowest BCUT2D eigenvalue weighted by Gasteiger charge is -2.27. The maximum absolute atomic E-state index is 11.8. The van der Waals surface area contributed by atoms with Crippen LogP contribution in [0.2, 0.25) is 0 Å². The van der Waals surface area contributed by atoms with E-state index in [2.05, 4.69) is 5.32 Å². The lowest BCUT2D eigenvalue weighted by atomic mass is 9.95. The molecule has 0 spiro atoms. The lowest BCUT2D eigenvalue weighted by molar-refractivity contribution is -0.135. The van der Waals surface area contributed by atoms with Crippen LogP contribution in [0, 0.1) is 5.41 Å². The normalized spacial score (nSPS) is 16.5. The van der Waals surface area contributed by atoms with Crippen molar-refractivity contribution in [3.63, 3.8) is 0 Å². The van der Waals surface area contributed by atoms with E-state index >= 15 is 0 Å². The summed E-state index contributed by atoms with van der Waals surface area (Å²) in [7, 11) is 0. The van der Waals surface area contributed by atoms with E-state index in [1.165, 1.54) is 0 Å². The Morgan fingerprint density at radius 2 is 1.94 bits per heavy atom. The van der Waals surface area contributed by atoms with Crippen molar-refractivity contribution in [2.24, 2.45) is 5.41 Å². The average Bonchev–Trinajstić information content (AvgIpc) is 2.39. The molecular formula is C12H21ClN2O3. The van der Waals surface area contributed by atoms with Crippen LogP contribution in [0.5, 0.6) is 0 Å². The summed E-state index contributed by atoms with van der Waals surface area (Å²) in [5.74, 6) is 0.200. The zero-order valence-corrected chi connectivity index (χ0v) is 11.8. The van der Waals surface area contributed by atoms with E-state index in [1.54, 1.807) is 18.7 Å². The minimum Gasteiger partial charge on any atom is -0.378 e. The molecule has 1 N–H and O–H groups in total. The maximum atomic E-state index is 11.8. The van der Waals surface area contributed by atoms with Gasteiger partial charge in [-0.25, -0.2) is 0 Å². The molecule has 0 atom stereocenters. The Bertz CT molecular complexity index is 302. The van der Waals surface area contributed by atoms with E-state index in [0.29, 0.717) is 39.3 Å². The van der Waals surface area contributed by atoms with Gasteiger partial charge in [0.1, 0.15) is 0 Å². The molecule has 5 nitrogen and oxygen atoms in total. The number of carbonyl (C=O) groups is 2. The number of carbonyl (C=O) groups excluding carboxylic acids is 2. The standard InChI is InChI=1S/C12H21ClN2O3/c1-12(2,9-13)11(17)14-4-3-10(16)15-5-7-18-8-6-15/h3-9H2,1-2H3,(H,14,17). The van der Waals surface area contributed by atoms with Crippen LogP contribution in [0.3, 0.4) is 0 Å². The number of rotatable bonds is 5. The van der Waals surface area contributed by atoms with Crippen molar-refractivity contribution < 1.29 is 14.3 Å². The van der Waals surface area contributed by atoms with Gasteiger partial charge in [0, 0.05) is 31.9 Å². The minimum atomic E-state index is -0.594. The maximum Gasteiger partial charge on any atom is 0.226 e. The molecule has 1 heterocycles. The number of ether oxygens (including phenoxy) is 1. The van der Waals surface area contributed by atoms with Gasteiger partial charge in [0.15, 0.2) is 0 Å². The molecule has 18 heavy (non-hydrogen) atoms. The van der Waals surface area contributed by atoms with Gasteiger partial charge in [0.25, 0.3) is 0 Å². The molecule has 1 rings (SSSR count). The Hall–Kier alpha value is -0.810. The van der Waals surface area contributed by atoms with Crippen LogP contribution >= 0.6 is 11.6 Å². The number of alkyl halides is 1. The minimum absolute atomic E-state index is 0.0577. The highest BCUT2D eigenvalue weighted by molar-refractivity contribution is 6.19. The molecule has 0 saturated carbocycles. The van der Waals surface area contributed by atoms with Gasteiger partial charge in [-0.15, -0.1) is 11.6 Å². The van der Waals surface area contributed by atoms with E-state index in [-0.39, 0.29) is 17.7 Å². The smallest absolute Gasteiger partial charge is 0.226 e. The van der Waals surface area contributed by atoms with Gasteiger partial charge in [-0.05, 0) is 13.8 Å². The summed E-state index contributed by atoms with van der Waals surface area (Å²) < 4.78 is 5.17. The first-order chi connectivity index (χ1) is 8.47. The molecule has 0 bridgehead atoms. The fraction of sp³-hybridized carbons (Fsp3) is 0.833. The number of nitrogens with one attached hydrogen (secondary N) is 1. The van der Waals surface area contributed by atoms with Crippen molar-refractivity contribution in [1.82, 2.24) is 10.2 Å². The fourth-order valence-electron chi connectivity index (χ4n) is 1.55. The third-order valence-electron chi connectivity index (χ3n) is 2.94. The zero-order valence-electron chi connectivity index (χ0n) is 11.0. The van der Waals surface area contributed by atoms with Gasteiger partial charge in [-0.1, -0.05) is 0 Å². The number of halogens is 1. The van der Waals surface area contributed by atoms with Crippen molar-refractivity contribution in [2.45, 2.75) is 20.3 Å². The lowest BCUT2D eigenvalue weighted by Crippen LogP contribution is -2.43. The quantitative estimate of drug-likeness (QED) is 0.749. The van der Waals surface area contributed by atoms with Crippen LogP contribution in [0.25, 0.3) is 0 Å². The van der Waals surface area contributed by atoms with E-state index in [9.17, 15) is 9.59 Å². The Balaban J connectivity index is 2.24. The highest BCUT2D eigenvalue weighted by Crippen LogP contribution is 2.16. The second-order valence-corrected chi connectivity index (χ2v) is 5.28. The number of hydrogen-bond acceptors (Lipinski definition) is 3. The Morgan fingerprint density at radius 3 is 2.50 bits per heavy atom. The summed E-state index contributed by atoms with van der Waals surface area (Å²) in [6.45, 7) is 6.38. The molecule has 0 radical (unpaired) electrons. The summed E-state index contributed by atoms with van der Waals surface area (Å²) in [5.41, 5.74) is -0.594.